The van der Waals surface area contributed by atoms with Gasteiger partial charge in [0.1, 0.15) is 12.6 Å². The van der Waals surface area contributed by atoms with E-state index in [0.29, 0.717) is 6.29 Å². The number of piperidine rings is 1. The third-order valence-corrected chi connectivity index (χ3v) is 5.43. The second-order valence-electron chi connectivity index (χ2n) is 9.25. The molecule has 3 rings (SSSR count). The summed E-state index contributed by atoms with van der Waals surface area (Å²) in [4.78, 5) is 20.2. The van der Waals surface area contributed by atoms with Gasteiger partial charge in [0.05, 0.1) is 11.6 Å². The van der Waals surface area contributed by atoms with Crippen molar-refractivity contribution in [1.29, 1.82) is 0 Å². The van der Waals surface area contributed by atoms with Gasteiger partial charge >= 0.3 is 0 Å². The van der Waals surface area contributed by atoms with Crippen LogP contribution < -0.4 is 16.4 Å². The number of hydrogen-bond acceptors (Lipinski definition) is 5. The van der Waals surface area contributed by atoms with Crippen LogP contribution in [0.15, 0.2) is 60.7 Å². The maximum Gasteiger partial charge on any atom is 0.139 e. The van der Waals surface area contributed by atoms with Crippen molar-refractivity contribution in [3.8, 4) is 0 Å². The van der Waals surface area contributed by atoms with Crippen LogP contribution in [0, 0.1) is 5.92 Å². The Hall–Kier alpha value is -2.34. The first-order chi connectivity index (χ1) is 15.9. The zero-order valence-corrected chi connectivity index (χ0v) is 20.6. The summed E-state index contributed by atoms with van der Waals surface area (Å²) in [7, 11) is 1.82. The minimum Gasteiger partial charge on any atom is -0.320 e. The summed E-state index contributed by atoms with van der Waals surface area (Å²) < 4.78 is 0. The lowest BCUT2D eigenvalue weighted by Crippen LogP contribution is -2.33. The van der Waals surface area contributed by atoms with Crippen LogP contribution in [0.25, 0.3) is 0 Å². The fourth-order valence-electron chi connectivity index (χ4n) is 3.50. The number of rotatable bonds is 9. The molecule has 0 bridgehead atoms. The van der Waals surface area contributed by atoms with E-state index in [1.807, 2.05) is 25.2 Å². The van der Waals surface area contributed by atoms with Crippen LogP contribution in [-0.2, 0) is 22.4 Å². The topological polar surface area (TPSA) is 84.2 Å². The lowest BCUT2D eigenvalue weighted by molar-refractivity contribution is -0.111. The fraction of sp³-hybridized carbons (Fsp3) is 0.500. The molecule has 182 valence electrons. The van der Waals surface area contributed by atoms with E-state index in [2.05, 4.69) is 53.1 Å². The van der Waals surface area contributed by atoms with Gasteiger partial charge in [-0.3, -0.25) is 0 Å². The molecular weight excluding hydrogens is 410 g/mol. The number of hydrogen-bond donors (Lipinski definition) is 3. The Morgan fingerprint density at radius 2 is 1.64 bits per heavy atom. The summed E-state index contributed by atoms with van der Waals surface area (Å²) in [5, 5.41) is 6.43. The zero-order chi connectivity index (χ0) is 24.4. The van der Waals surface area contributed by atoms with Gasteiger partial charge in [-0.05, 0) is 89.6 Å². The van der Waals surface area contributed by atoms with E-state index in [1.54, 1.807) is 13.8 Å². The molecule has 1 unspecified atom stereocenters. The van der Waals surface area contributed by atoms with E-state index in [-0.39, 0.29) is 6.04 Å². The summed E-state index contributed by atoms with van der Waals surface area (Å²) in [6, 6.07) is 21.2. The van der Waals surface area contributed by atoms with Crippen molar-refractivity contribution in [1.82, 2.24) is 10.6 Å². The predicted octanol–water partition coefficient (Wildman–Crippen LogP) is 3.95. The largest absolute Gasteiger partial charge is 0.320 e. The van der Waals surface area contributed by atoms with Gasteiger partial charge in [0.25, 0.3) is 0 Å². The van der Waals surface area contributed by atoms with Gasteiger partial charge in [-0.25, -0.2) is 0 Å². The average Bonchev–Trinajstić information content (AvgIpc) is 2.84. The van der Waals surface area contributed by atoms with Crippen LogP contribution >= 0.6 is 0 Å². The second kappa shape index (κ2) is 17.2. The van der Waals surface area contributed by atoms with Crippen molar-refractivity contribution in [3.05, 3.63) is 71.8 Å². The molecule has 1 heterocycles. The first kappa shape index (κ1) is 28.7. The second-order valence-corrected chi connectivity index (χ2v) is 9.25. The summed E-state index contributed by atoms with van der Waals surface area (Å²) in [5.41, 5.74) is 7.35. The monoisotopic (exact) mass is 453 g/mol. The number of nitrogens with one attached hydrogen (secondary N) is 2. The van der Waals surface area contributed by atoms with E-state index < -0.39 is 5.54 Å². The molecule has 1 saturated heterocycles. The van der Waals surface area contributed by atoms with Crippen LogP contribution in [0.3, 0.4) is 0 Å². The summed E-state index contributed by atoms with van der Waals surface area (Å²) >= 11 is 0. The fourth-order valence-corrected chi connectivity index (χ4v) is 3.50. The lowest BCUT2D eigenvalue weighted by Gasteiger charge is -2.22. The SMILES string of the molecule is CC(C)(N)C=O.CNC(C=O)CCCc1ccccc1.c1ccc(C[C@H]2CCCNC2)cc1. The maximum absolute atomic E-state index is 10.5. The zero-order valence-electron chi connectivity index (χ0n) is 20.6. The minimum absolute atomic E-state index is 0.0127. The molecule has 1 aliphatic heterocycles. The van der Waals surface area contributed by atoms with Gasteiger partial charge in [0.15, 0.2) is 0 Å². The van der Waals surface area contributed by atoms with Crippen LogP contribution in [0.2, 0.25) is 0 Å². The standard InChI is InChI=1S/C12H17NO.C12H17N.C4H9NO/c1-13-12(10-14)9-5-8-11-6-3-2-4-7-11;1-2-5-11(6-3-1)9-12-7-4-8-13-10-12;1-4(2,5)3-6/h2-4,6-7,10,12-13H,5,8-9H2,1H3;1-3,5-6,12-13H,4,7-10H2;3H,5H2,1-2H3/t;12-;/m.1./s1. The summed E-state index contributed by atoms with van der Waals surface area (Å²) in [5.74, 6) is 0.858. The minimum atomic E-state index is -0.639. The van der Waals surface area contributed by atoms with Crippen molar-refractivity contribution >= 4 is 12.6 Å². The molecule has 0 aliphatic carbocycles. The Balaban J connectivity index is 0.000000268. The van der Waals surface area contributed by atoms with Crippen LogP contribution in [-0.4, -0.2) is 44.3 Å². The van der Waals surface area contributed by atoms with E-state index in [4.69, 9.17) is 5.73 Å². The summed E-state index contributed by atoms with van der Waals surface area (Å²) in [6.07, 6.45) is 8.68. The average molecular weight is 454 g/mol. The van der Waals surface area contributed by atoms with Gasteiger partial charge in [0.2, 0.25) is 0 Å². The first-order valence-corrected chi connectivity index (χ1v) is 12.0. The Morgan fingerprint density at radius 1 is 1.06 bits per heavy atom. The van der Waals surface area contributed by atoms with Crippen molar-refractivity contribution in [3.63, 3.8) is 0 Å². The highest BCUT2D eigenvalue weighted by molar-refractivity contribution is 5.61. The molecule has 1 fully saturated rings. The Bertz CT molecular complexity index is 739. The van der Waals surface area contributed by atoms with Gasteiger partial charge < -0.3 is 26.0 Å². The lowest BCUT2D eigenvalue weighted by atomic mass is 9.92. The molecule has 2 atom stereocenters. The Labute approximate surface area is 200 Å². The van der Waals surface area contributed by atoms with E-state index in [9.17, 15) is 9.59 Å². The van der Waals surface area contributed by atoms with E-state index >= 15 is 0 Å². The molecule has 33 heavy (non-hydrogen) atoms. The number of carbonyl (C=O) groups excluding carboxylic acids is 2. The van der Waals surface area contributed by atoms with Gasteiger partial charge in [0, 0.05) is 0 Å². The molecule has 5 nitrogen and oxygen atoms in total. The number of benzene rings is 2. The van der Waals surface area contributed by atoms with Gasteiger partial charge in [-0.1, -0.05) is 60.7 Å². The molecule has 0 amide bonds. The number of carbonyl (C=O) groups is 2. The first-order valence-electron chi connectivity index (χ1n) is 12.0. The molecule has 0 aromatic heterocycles. The Kier molecular flexibility index (Phi) is 14.9. The van der Waals surface area contributed by atoms with Crippen molar-refractivity contribution in [2.45, 2.75) is 64.0 Å². The molecule has 2 aromatic carbocycles. The summed E-state index contributed by atoms with van der Waals surface area (Å²) in [6.45, 7) is 5.72. The molecule has 1 aliphatic rings. The molecule has 4 N–H and O–H groups in total. The number of aldehydes is 2. The molecular formula is C28H43N3O2. The highest BCUT2D eigenvalue weighted by Crippen LogP contribution is 2.15. The highest BCUT2D eigenvalue weighted by Gasteiger charge is 2.12. The quantitative estimate of drug-likeness (QED) is 0.501. The number of aryl methyl sites for hydroxylation is 1. The van der Waals surface area contributed by atoms with E-state index in [1.165, 1.54) is 43.5 Å². The third-order valence-electron chi connectivity index (χ3n) is 5.43. The van der Waals surface area contributed by atoms with Crippen molar-refractivity contribution in [2.24, 2.45) is 11.7 Å². The van der Waals surface area contributed by atoms with Crippen molar-refractivity contribution in [2.75, 3.05) is 20.1 Å². The van der Waals surface area contributed by atoms with E-state index in [0.717, 1.165) is 31.5 Å². The Morgan fingerprint density at radius 3 is 2.09 bits per heavy atom. The van der Waals surface area contributed by atoms with Crippen LogP contribution in [0.5, 0.6) is 0 Å². The normalized spacial score (nSPS) is 16.3. The van der Waals surface area contributed by atoms with Gasteiger partial charge in [-0.15, -0.1) is 0 Å². The molecule has 0 saturated carbocycles. The van der Waals surface area contributed by atoms with Crippen LogP contribution in [0.1, 0.15) is 50.7 Å². The molecule has 0 radical (unpaired) electrons. The smallest absolute Gasteiger partial charge is 0.139 e. The number of likely N-dealkylation sites (N-methyl/N-ethyl adjacent to an activating group) is 1. The highest BCUT2D eigenvalue weighted by atomic mass is 16.1. The predicted molar refractivity (Wildman–Crippen MR) is 138 cm³/mol. The van der Waals surface area contributed by atoms with Crippen LogP contribution in [0.4, 0.5) is 0 Å². The molecule has 0 spiro atoms. The third kappa shape index (κ3) is 15.2. The molecule has 2 aromatic rings. The number of nitrogens with two attached hydrogens (primary N) is 1. The molecule has 5 heteroatoms. The maximum atomic E-state index is 10.5. The van der Waals surface area contributed by atoms with Crippen molar-refractivity contribution < 1.29 is 9.59 Å². The van der Waals surface area contributed by atoms with Gasteiger partial charge in [-0.2, -0.15) is 0 Å².